The monoisotopic (exact) mass is 780 g/mol. The Morgan fingerprint density at radius 3 is 0.632 bits per heavy atom. The molecule has 0 radical (unpaired) electrons. The van der Waals surface area contributed by atoms with Crippen LogP contribution in [0.25, 0.3) is 0 Å². The molecule has 1 heterocycles. The van der Waals surface area contributed by atoms with Gasteiger partial charge in [-0.2, -0.15) is 0 Å². The van der Waals surface area contributed by atoms with E-state index in [1.807, 2.05) is 0 Å². The molecular formula is C20H54Br2N6Ni2O8. The van der Waals surface area contributed by atoms with Crippen LogP contribution in [0.15, 0.2) is 0 Å². The molecule has 0 unspecified atom stereocenters. The predicted molar refractivity (Wildman–Crippen MR) is 153 cm³/mol. The van der Waals surface area contributed by atoms with Gasteiger partial charge in [0.2, 0.25) is 0 Å². The topological polar surface area (TPSA) is 235 Å². The second kappa shape index (κ2) is 54.5. The van der Waals surface area contributed by atoms with Gasteiger partial charge in [-0.1, -0.05) is 0 Å². The first kappa shape index (κ1) is 52.1. The maximum absolute atomic E-state index is 5.56. The number of hydrogen-bond donors (Lipinski definition) is 6. The summed E-state index contributed by atoms with van der Waals surface area (Å²) in [5.41, 5.74) is 0. The van der Waals surface area contributed by atoms with Crippen LogP contribution in [0, 0.1) is 0 Å². The molecule has 18 heteroatoms. The third-order valence-electron chi connectivity index (χ3n) is 4.35. The molecule has 1 rings (SSSR count). The average Bonchev–Trinajstić information content (AvgIpc) is 2.88. The molecule has 1 aliphatic rings. The van der Waals surface area contributed by atoms with Gasteiger partial charge in [0, 0.05) is 78.5 Å². The number of hydrogen-bond acceptors (Lipinski definition) is 10. The van der Waals surface area contributed by atoms with E-state index in [2.05, 4.69) is 87.7 Å². The molecule has 0 amide bonds. The van der Waals surface area contributed by atoms with Gasteiger partial charge in [0.05, 0.1) is 52.9 Å². The van der Waals surface area contributed by atoms with Crippen LogP contribution in [0.5, 0.6) is 0 Å². The number of ether oxygens (including phenoxy) is 4. The molecular weight excluding hydrogens is 729 g/mol. The van der Waals surface area contributed by atoms with E-state index in [-0.39, 0.29) is 21.9 Å². The van der Waals surface area contributed by atoms with E-state index in [9.17, 15) is 0 Å². The molecule has 14 N–H and O–H groups in total. The zero-order valence-electron chi connectivity index (χ0n) is 22.2. The summed E-state index contributed by atoms with van der Waals surface area (Å²) in [4.78, 5) is 0. The Morgan fingerprint density at radius 2 is 0.447 bits per heavy atom. The second-order valence-electron chi connectivity index (χ2n) is 6.95. The van der Waals surface area contributed by atoms with Gasteiger partial charge < -0.3 is 72.8 Å². The molecule has 0 spiro atoms. The summed E-state index contributed by atoms with van der Waals surface area (Å²) in [5.74, 6) is 0. The van der Waals surface area contributed by atoms with Crippen LogP contribution >= 0.6 is 28.5 Å². The SMILES string of the molecule is C1CNCCOCCOCCNCCNCCNCCOCCOCCNCCN1.O.O.O.O.[Ni][Br].[Ni][Br]. The minimum atomic E-state index is 0. The first-order valence-electron chi connectivity index (χ1n) is 11.8. The van der Waals surface area contributed by atoms with Crippen LogP contribution < -0.4 is 31.9 Å². The summed E-state index contributed by atoms with van der Waals surface area (Å²) in [7, 11) is 0. The number of halogens is 2. The predicted octanol–water partition coefficient (Wildman–Crippen LogP) is -4.01. The van der Waals surface area contributed by atoms with Gasteiger partial charge in [-0.25, -0.2) is 0 Å². The fraction of sp³-hybridized carbons (Fsp3) is 1.00. The van der Waals surface area contributed by atoms with Crippen molar-refractivity contribution in [1.29, 1.82) is 0 Å². The van der Waals surface area contributed by atoms with Gasteiger partial charge >= 0.3 is 55.8 Å². The molecule has 38 heavy (non-hydrogen) atoms. The van der Waals surface area contributed by atoms with Crippen molar-refractivity contribution in [3.63, 3.8) is 0 Å². The molecule has 0 aliphatic carbocycles. The summed E-state index contributed by atoms with van der Waals surface area (Å²) in [6.07, 6.45) is 0. The summed E-state index contributed by atoms with van der Waals surface area (Å²) in [6.45, 7) is 16.5. The molecule has 0 aromatic carbocycles. The minimum absolute atomic E-state index is 0. The molecule has 1 fully saturated rings. The molecule has 0 aromatic heterocycles. The zero-order chi connectivity index (χ0) is 25.2. The summed E-state index contributed by atoms with van der Waals surface area (Å²) in [5, 5.41) is 20.3. The Kier molecular flexibility index (Phi) is 74.6. The molecule has 0 atom stereocenters. The summed E-state index contributed by atoms with van der Waals surface area (Å²) >= 11 is 12.5. The van der Waals surface area contributed by atoms with Gasteiger partial charge in [-0.15, -0.1) is 0 Å². The molecule has 1 saturated heterocycles. The van der Waals surface area contributed by atoms with Gasteiger partial charge in [-0.05, 0) is 0 Å². The Balaban J connectivity index is -0.000000304. The van der Waals surface area contributed by atoms with Crippen molar-refractivity contribution < 1.29 is 68.2 Å². The van der Waals surface area contributed by atoms with E-state index in [4.69, 9.17) is 18.9 Å². The number of nitrogens with one attached hydrogen (secondary N) is 6. The van der Waals surface area contributed by atoms with Crippen LogP contribution in [-0.2, 0) is 46.3 Å². The van der Waals surface area contributed by atoms with Crippen molar-refractivity contribution in [1.82, 2.24) is 31.9 Å². The quantitative estimate of drug-likeness (QED) is 0.130. The van der Waals surface area contributed by atoms with E-state index in [0.717, 1.165) is 78.5 Å². The van der Waals surface area contributed by atoms with Gasteiger partial charge in [-0.3, -0.25) is 0 Å². The molecule has 1 aliphatic heterocycles. The van der Waals surface area contributed by atoms with E-state index in [1.54, 1.807) is 0 Å². The van der Waals surface area contributed by atoms with Gasteiger partial charge in [0.1, 0.15) is 0 Å². The first-order chi connectivity index (χ1) is 17.0. The summed E-state index contributed by atoms with van der Waals surface area (Å²) in [6, 6.07) is 0. The fourth-order valence-corrected chi connectivity index (χ4v) is 2.68. The Morgan fingerprint density at radius 1 is 0.289 bits per heavy atom. The van der Waals surface area contributed by atoms with Gasteiger partial charge in [0.15, 0.2) is 0 Å². The van der Waals surface area contributed by atoms with Crippen molar-refractivity contribution in [2.45, 2.75) is 0 Å². The Labute approximate surface area is 258 Å². The van der Waals surface area contributed by atoms with Crippen molar-refractivity contribution >= 4 is 28.5 Å². The Hall–Kier alpha value is 1.39. The van der Waals surface area contributed by atoms with E-state index in [0.29, 0.717) is 52.9 Å². The van der Waals surface area contributed by atoms with E-state index >= 15 is 0 Å². The fourth-order valence-electron chi connectivity index (χ4n) is 2.68. The van der Waals surface area contributed by atoms with Crippen molar-refractivity contribution in [2.24, 2.45) is 0 Å². The molecule has 0 saturated carbocycles. The maximum atomic E-state index is 5.56. The van der Waals surface area contributed by atoms with Crippen LogP contribution in [0.1, 0.15) is 0 Å². The third kappa shape index (κ3) is 50.2. The second-order valence-corrected chi connectivity index (χ2v) is 6.95. The van der Waals surface area contributed by atoms with Crippen LogP contribution in [0.3, 0.4) is 0 Å². The third-order valence-corrected chi connectivity index (χ3v) is 4.35. The first-order valence-corrected chi connectivity index (χ1v) is 16.7. The van der Waals surface area contributed by atoms with Crippen molar-refractivity contribution in [3.8, 4) is 0 Å². The standard InChI is InChI=1S/C20H46N6O4.2BrH.2Ni.4H2O/c1-5-23-9-13-27-17-18-29-15-11-25-7-3-22-4-8-26-12-16-30-20-19-28-14-10-24-6-2-21-1;;;;;;;;/h21-26H,1-20H2;2*1H;;;4*1H2/q;;;2*+1;;;;/p-2. The molecule has 0 bridgehead atoms. The van der Waals surface area contributed by atoms with Gasteiger partial charge in [0.25, 0.3) is 0 Å². The van der Waals surface area contributed by atoms with Crippen molar-refractivity contribution in [2.75, 3.05) is 131 Å². The normalized spacial score (nSPS) is 19.3. The van der Waals surface area contributed by atoms with Crippen LogP contribution in [0.4, 0.5) is 0 Å². The van der Waals surface area contributed by atoms with Crippen LogP contribution in [0.2, 0.25) is 0 Å². The van der Waals surface area contributed by atoms with E-state index < -0.39 is 0 Å². The van der Waals surface area contributed by atoms with Crippen LogP contribution in [-0.4, -0.2) is 153 Å². The average molecular weight is 784 g/mol. The van der Waals surface area contributed by atoms with E-state index in [1.165, 1.54) is 0 Å². The number of rotatable bonds is 0. The molecule has 246 valence electrons. The molecule has 0 aromatic rings. The Bertz CT molecular complexity index is 217. The van der Waals surface area contributed by atoms with Crippen molar-refractivity contribution in [3.05, 3.63) is 0 Å². The zero-order valence-corrected chi connectivity index (χ0v) is 27.3. The summed E-state index contributed by atoms with van der Waals surface area (Å²) < 4.78 is 22.2. The molecule has 14 nitrogen and oxygen atoms in total.